The summed E-state index contributed by atoms with van der Waals surface area (Å²) in [5, 5.41) is 0. The van der Waals surface area contributed by atoms with E-state index in [2.05, 4.69) is 11.9 Å². The van der Waals surface area contributed by atoms with Gasteiger partial charge in [-0.3, -0.25) is 0 Å². The Kier molecular flexibility index (Phi) is 5.54. The van der Waals surface area contributed by atoms with Gasteiger partial charge in [0.2, 0.25) is 0 Å². The molecule has 0 aromatic heterocycles. The van der Waals surface area contributed by atoms with Gasteiger partial charge in [-0.2, -0.15) is 0 Å². The van der Waals surface area contributed by atoms with Crippen LogP contribution in [0.5, 0.6) is 0 Å². The van der Waals surface area contributed by atoms with E-state index >= 15 is 0 Å². The Bertz CT molecular complexity index is 134. The molecule has 2 heteroatoms. The van der Waals surface area contributed by atoms with Crippen molar-refractivity contribution >= 4 is 0 Å². The minimum atomic E-state index is -0.940. The number of rotatable bonds is 0. The molecule has 0 radical (unpaired) electrons. The van der Waals surface area contributed by atoms with Crippen LogP contribution in [0.1, 0.15) is 40.5 Å². The average Bonchev–Trinajstić information content (AvgIpc) is 2.16. The largest absolute Gasteiger partial charge is 0.306 e. The Morgan fingerprint density at radius 3 is 2.46 bits per heavy atom. The van der Waals surface area contributed by atoms with E-state index in [9.17, 15) is 4.39 Å². The van der Waals surface area contributed by atoms with E-state index in [-0.39, 0.29) is 5.92 Å². The topological polar surface area (TPSA) is 3.24 Å². The van der Waals surface area contributed by atoms with Crippen LogP contribution in [0.3, 0.4) is 0 Å². The second kappa shape index (κ2) is 5.58. The van der Waals surface area contributed by atoms with Crippen molar-refractivity contribution in [1.82, 2.24) is 4.90 Å². The molecular formula is C11H24FN. The third-order valence-electron chi connectivity index (χ3n) is 2.82. The van der Waals surface area contributed by atoms with Crippen molar-refractivity contribution in [3.05, 3.63) is 0 Å². The maximum Gasteiger partial charge on any atom is 0.112 e. The first-order chi connectivity index (χ1) is 6.02. The molecule has 2 atom stereocenters. The minimum Gasteiger partial charge on any atom is -0.306 e. The third-order valence-corrected chi connectivity index (χ3v) is 2.82. The van der Waals surface area contributed by atoms with Crippen LogP contribution < -0.4 is 0 Å². The normalized spacial score (nSPS) is 36.0. The molecule has 1 heterocycles. The van der Waals surface area contributed by atoms with Gasteiger partial charge in [0, 0.05) is 12.5 Å². The molecular weight excluding hydrogens is 165 g/mol. The van der Waals surface area contributed by atoms with Gasteiger partial charge in [-0.15, -0.1) is 0 Å². The highest BCUT2D eigenvalue weighted by Crippen LogP contribution is 2.30. The highest BCUT2D eigenvalue weighted by atomic mass is 19.1. The van der Waals surface area contributed by atoms with Gasteiger partial charge in [-0.05, 0) is 33.4 Å². The predicted octanol–water partition coefficient (Wildman–Crippen LogP) is 3.10. The standard InChI is InChI=1S/C9H18FN.C2H6/c1-8-7-11(3)6-4-5-9(8,2)10;1-2/h8H,4-7H2,1-3H3;1-2H3. The fraction of sp³-hybridized carbons (Fsp3) is 1.00. The fourth-order valence-electron chi connectivity index (χ4n) is 1.69. The highest BCUT2D eigenvalue weighted by Gasteiger charge is 2.33. The van der Waals surface area contributed by atoms with Gasteiger partial charge >= 0.3 is 0 Å². The van der Waals surface area contributed by atoms with Crippen molar-refractivity contribution in [3.63, 3.8) is 0 Å². The second-order valence-corrected chi connectivity index (χ2v) is 4.04. The number of likely N-dealkylation sites (tertiary alicyclic amines) is 1. The lowest BCUT2D eigenvalue weighted by Crippen LogP contribution is -2.32. The molecule has 1 nitrogen and oxygen atoms in total. The van der Waals surface area contributed by atoms with Crippen LogP contribution in [0, 0.1) is 5.92 Å². The van der Waals surface area contributed by atoms with Gasteiger partial charge in [0.25, 0.3) is 0 Å². The van der Waals surface area contributed by atoms with Crippen LogP contribution in [0.15, 0.2) is 0 Å². The van der Waals surface area contributed by atoms with E-state index < -0.39 is 5.67 Å². The number of nitrogens with zero attached hydrogens (tertiary/aromatic N) is 1. The summed E-state index contributed by atoms with van der Waals surface area (Å²) in [4.78, 5) is 2.22. The first kappa shape index (κ1) is 12.9. The molecule has 13 heavy (non-hydrogen) atoms. The van der Waals surface area contributed by atoms with Gasteiger partial charge in [0.1, 0.15) is 5.67 Å². The van der Waals surface area contributed by atoms with E-state index in [4.69, 9.17) is 0 Å². The van der Waals surface area contributed by atoms with E-state index in [0.29, 0.717) is 0 Å². The second-order valence-electron chi connectivity index (χ2n) is 4.04. The molecule has 1 fully saturated rings. The molecule has 0 N–H and O–H groups in total. The minimum absolute atomic E-state index is 0.176. The Labute approximate surface area is 82.3 Å². The van der Waals surface area contributed by atoms with E-state index in [1.54, 1.807) is 6.92 Å². The van der Waals surface area contributed by atoms with Gasteiger partial charge < -0.3 is 4.90 Å². The van der Waals surface area contributed by atoms with Crippen molar-refractivity contribution in [2.24, 2.45) is 5.92 Å². The molecule has 1 rings (SSSR count). The Hall–Kier alpha value is -0.110. The van der Waals surface area contributed by atoms with Crippen molar-refractivity contribution in [3.8, 4) is 0 Å². The molecule has 2 unspecified atom stereocenters. The molecule has 0 bridgehead atoms. The SMILES string of the molecule is CC.CC1CN(C)CCCC1(C)F. The third kappa shape index (κ3) is 4.08. The smallest absolute Gasteiger partial charge is 0.112 e. The van der Waals surface area contributed by atoms with Crippen LogP contribution in [0.4, 0.5) is 4.39 Å². The monoisotopic (exact) mass is 189 g/mol. The molecule has 80 valence electrons. The quantitative estimate of drug-likeness (QED) is 0.566. The lowest BCUT2D eigenvalue weighted by atomic mass is 9.89. The van der Waals surface area contributed by atoms with Crippen molar-refractivity contribution < 1.29 is 4.39 Å². The van der Waals surface area contributed by atoms with Crippen molar-refractivity contribution in [1.29, 1.82) is 0 Å². The van der Waals surface area contributed by atoms with Gasteiger partial charge in [0.15, 0.2) is 0 Å². The summed E-state index contributed by atoms with van der Waals surface area (Å²) in [5.74, 6) is 0.176. The van der Waals surface area contributed by atoms with Gasteiger partial charge in [0.05, 0.1) is 0 Å². The Morgan fingerprint density at radius 2 is 1.92 bits per heavy atom. The number of hydrogen-bond acceptors (Lipinski definition) is 1. The van der Waals surface area contributed by atoms with Gasteiger partial charge in [-0.25, -0.2) is 4.39 Å². The molecule has 1 aliphatic heterocycles. The number of halogens is 1. The summed E-state index contributed by atoms with van der Waals surface area (Å²) in [7, 11) is 2.07. The summed E-state index contributed by atoms with van der Waals surface area (Å²) in [5.41, 5.74) is -0.940. The van der Waals surface area contributed by atoms with Gasteiger partial charge in [-0.1, -0.05) is 20.8 Å². The molecule has 0 amide bonds. The summed E-state index contributed by atoms with van der Waals surface area (Å²) < 4.78 is 13.7. The fourth-order valence-corrected chi connectivity index (χ4v) is 1.69. The summed E-state index contributed by atoms with van der Waals surface area (Å²) >= 11 is 0. The van der Waals surface area contributed by atoms with Crippen LogP contribution in [-0.4, -0.2) is 30.7 Å². The van der Waals surface area contributed by atoms with E-state index in [1.807, 2.05) is 20.8 Å². The van der Waals surface area contributed by atoms with E-state index in [1.165, 1.54) is 0 Å². The lowest BCUT2D eigenvalue weighted by Gasteiger charge is -2.26. The maximum atomic E-state index is 13.7. The Morgan fingerprint density at radius 1 is 1.38 bits per heavy atom. The first-order valence-corrected chi connectivity index (χ1v) is 5.40. The number of alkyl halides is 1. The zero-order valence-corrected chi connectivity index (χ0v) is 9.73. The maximum absolute atomic E-state index is 13.7. The average molecular weight is 189 g/mol. The number of hydrogen-bond donors (Lipinski definition) is 0. The molecule has 1 aliphatic rings. The Balaban J connectivity index is 0.000000671. The summed E-state index contributed by atoms with van der Waals surface area (Å²) in [6, 6.07) is 0. The molecule has 0 aromatic rings. The molecule has 0 aliphatic carbocycles. The lowest BCUT2D eigenvalue weighted by molar-refractivity contribution is 0.101. The van der Waals surface area contributed by atoms with Crippen LogP contribution in [0.2, 0.25) is 0 Å². The molecule has 1 saturated heterocycles. The van der Waals surface area contributed by atoms with Crippen molar-refractivity contribution in [2.45, 2.75) is 46.2 Å². The zero-order valence-electron chi connectivity index (χ0n) is 9.73. The van der Waals surface area contributed by atoms with E-state index in [0.717, 1.165) is 25.9 Å². The first-order valence-electron chi connectivity index (χ1n) is 5.40. The van der Waals surface area contributed by atoms with Crippen molar-refractivity contribution in [2.75, 3.05) is 20.1 Å². The van der Waals surface area contributed by atoms with Crippen LogP contribution in [-0.2, 0) is 0 Å². The molecule has 0 aromatic carbocycles. The molecule has 0 spiro atoms. The van der Waals surface area contributed by atoms with Crippen LogP contribution >= 0.6 is 0 Å². The predicted molar refractivity (Wildman–Crippen MR) is 56.8 cm³/mol. The van der Waals surface area contributed by atoms with Crippen LogP contribution in [0.25, 0.3) is 0 Å². The molecule has 0 saturated carbocycles. The summed E-state index contributed by atoms with van der Waals surface area (Å²) in [6.07, 6.45) is 1.71. The summed E-state index contributed by atoms with van der Waals surface area (Å²) in [6.45, 7) is 9.68. The zero-order chi connectivity index (χ0) is 10.5. The highest BCUT2D eigenvalue weighted by molar-refractivity contribution is 4.84.